The average Bonchev–Trinajstić information content (AvgIpc) is 2.39. The van der Waals surface area contributed by atoms with Crippen LogP contribution in [-0.4, -0.2) is 11.9 Å². The maximum Gasteiger partial charge on any atom is 0.223 e. The van der Waals surface area contributed by atoms with Crippen LogP contribution in [-0.2, 0) is 6.42 Å². The van der Waals surface area contributed by atoms with Gasteiger partial charge in [0.1, 0.15) is 0 Å². The molecule has 102 valence electrons. The maximum atomic E-state index is 5.61. The van der Waals surface area contributed by atoms with Crippen LogP contribution in [0.2, 0.25) is 0 Å². The zero-order valence-corrected chi connectivity index (χ0v) is 11.0. The van der Waals surface area contributed by atoms with Gasteiger partial charge in [0, 0.05) is 0 Å². The van der Waals surface area contributed by atoms with Gasteiger partial charge in [0.15, 0.2) is 5.96 Å². The van der Waals surface area contributed by atoms with E-state index in [2.05, 4.69) is 22.1 Å². The van der Waals surface area contributed by atoms with E-state index in [0.717, 1.165) is 17.7 Å². The zero-order chi connectivity index (χ0) is 14.4. The minimum Gasteiger partial charge on any atom is -0.370 e. The zero-order valence-electron chi connectivity index (χ0n) is 11.0. The molecule has 6 N–H and O–H groups in total. The van der Waals surface area contributed by atoms with Crippen molar-refractivity contribution in [3.8, 4) is 0 Å². The Bertz CT molecular complexity index is 628. The van der Waals surface area contributed by atoms with Crippen LogP contribution in [0.3, 0.4) is 0 Å². The number of aliphatic imine (C=N–C) groups is 2. The van der Waals surface area contributed by atoms with E-state index in [0.29, 0.717) is 0 Å². The van der Waals surface area contributed by atoms with Gasteiger partial charge in [0.25, 0.3) is 0 Å². The van der Waals surface area contributed by atoms with Gasteiger partial charge < -0.3 is 17.2 Å². The first-order valence-electron chi connectivity index (χ1n) is 6.20. The fraction of sp³-hybridized carbons (Fsp3) is 0.0667. The van der Waals surface area contributed by atoms with Crippen LogP contribution in [0.15, 0.2) is 64.6 Å². The Hall–Kier alpha value is -2.82. The predicted octanol–water partition coefficient (Wildman–Crippen LogP) is 1.50. The lowest BCUT2D eigenvalue weighted by molar-refractivity contribution is 1.19. The minimum atomic E-state index is -0.105. The van der Waals surface area contributed by atoms with Gasteiger partial charge in [-0.25, -0.2) is 4.99 Å². The number of benzene rings is 2. The van der Waals surface area contributed by atoms with E-state index in [9.17, 15) is 0 Å². The highest BCUT2D eigenvalue weighted by atomic mass is 15.1. The molecule has 0 aromatic heterocycles. The van der Waals surface area contributed by atoms with Crippen molar-refractivity contribution in [3.05, 3.63) is 65.7 Å². The Morgan fingerprint density at radius 3 is 2.25 bits per heavy atom. The van der Waals surface area contributed by atoms with Gasteiger partial charge in [0.2, 0.25) is 5.96 Å². The lowest BCUT2D eigenvalue weighted by atomic mass is 10.0. The van der Waals surface area contributed by atoms with Crippen LogP contribution < -0.4 is 17.2 Å². The Labute approximate surface area is 117 Å². The molecule has 0 spiro atoms. The maximum absolute atomic E-state index is 5.61. The number of nitrogens with zero attached hydrogens (tertiary/aromatic N) is 2. The normalized spacial score (nSPS) is 11.1. The van der Waals surface area contributed by atoms with Gasteiger partial charge in [0.05, 0.1) is 5.69 Å². The summed E-state index contributed by atoms with van der Waals surface area (Å²) >= 11 is 0. The number of guanidine groups is 2. The molecule has 0 saturated carbocycles. The van der Waals surface area contributed by atoms with Crippen molar-refractivity contribution in [2.75, 3.05) is 0 Å². The van der Waals surface area contributed by atoms with Gasteiger partial charge in [-0.05, 0) is 29.7 Å². The Morgan fingerprint density at radius 2 is 1.55 bits per heavy atom. The Balaban J connectivity index is 2.18. The molecule has 0 aliphatic carbocycles. The van der Waals surface area contributed by atoms with Crippen molar-refractivity contribution < 1.29 is 0 Å². The molecule has 20 heavy (non-hydrogen) atoms. The molecule has 0 bridgehead atoms. The van der Waals surface area contributed by atoms with E-state index >= 15 is 0 Å². The molecular formula is C15H17N5. The van der Waals surface area contributed by atoms with Crippen LogP contribution in [0.4, 0.5) is 5.69 Å². The van der Waals surface area contributed by atoms with E-state index in [1.54, 1.807) is 0 Å². The highest BCUT2D eigenvalue weighted by Crippen LogP contribution is 2.17. The van der Waals surface area contributed by atoms with Gasteiger partial charge in [-0.2, -0.15) is 4.99 Å². The van der Waals surface area contributed by atoms with Crippen molar-refractivity contribution in [3.63, 3.8) is 0 Å². The molecular weight excluding hydrogens is 250 g/mol. The van der Waals surface area contributed by atoms with Crippen molar-refractivity contribution >= 4 is 17.6 Å². The molecule has 2 aromatic carbocycles. The second-order valence-corrected chi connectivity index (χ2v) is 4.34. The molecule has 0 radical (unpaired) electrons. The second kappa shape index (κ2) is 6.38. The van der Waals surface area contributed by atoms with E-state index < -0.39 is 0 Å². The quantitative estimate of drug-likeness (QED) is 0.580. The summed E-state index contributed by atoms with van der Waals surface area (Å²) in [5, 5.41) is 0. The van der Waals surface area contributed by atoms with Crippen molar-refractivity contribution in [2.45, 2.75) is 6.42 Å². The van der Waals surface area contributed by atoms with Crippen LogP contribution in [0.1, 0.15) is 11.1 Å². The number of rotatable bonds is 3. The van der Waals surface area contributed by atoms with Crippen LogP contribution in [0, 0.1) is 0 Å². The highest BCUT2D eigenvalue weighted by molar-refractivity contribution is 5.93. The lowest BCUT2D eigenvalue weighted by Gasteiger charge is -2.03. The molecule has 5 heteroatoms. The van der Waals surface area contributed by atoms with Crippen molar-refractivity contribution in [2.24, 2.45) is 27.2 Å². The van der Waals surface area contributed by atoms with Crippen LogP contribution in [0.5, 0.6) is 0 Å². The van der Waals surface area contributed by atoms with Crippen molar-refractivity contribution in [1.29, 1.82) is 0 Å². The molecule has 5 nitrogen and oxygen atoms in total. The van der Waals surface area contributed by atoms with Crippen LogP contribution in [0.25, 0.3) is 0 Å². The molecule has 2 rings (SSSR count). The lowest BCUT2D eigenvalue weighted by Crippen LogP contribution is -2.26. The first kappa shape index (κ1) is 13.6. The fourth-order valence-corrected chi connectivity index (χ4v) is 1.86. The largest absolute Gasteiger partial charge is 0.370 e. The van der Waals surface area contributed by atoms with Gasteiger partial charge in [-0.1, -0.05) is 42.5 Å². The summed E-state index contributed by atoms with van der Waals surface area (Å²) in [6.07, 6.45) is 0.840. The topological polar surface area (TPSA) is 103 Å². The Morgan fingerprint density at radius 1 is 0.850 bits per heavy atom. The average molecular weight is 267 g/mol. The van der Waals surface area contributed by atoms with E-state index in [4.69, 9.17) is 17.2 Å². The number of nitrogens with two attached hydrogens (primary N) is 3. The van der Waals surface area contributed by atoms with Gasteiger partial charge >= 0.3 is 0 Å². The standard InChI is InChI=1S/C15H17N5/c16-14(17)20-15(18)19-13-8-4-7-12(10-13)9-11-5-2-1-3-6-11/h1-8,10H,9H2,(H6,16,17,18,19,20). The van der Waals surface area contributed by atoms with Gasteiger partial charge in [-0.3, -0.25) is 0 Å². The molecule has 0 aliphatic rings. The summed E-state index contributed by atoms with van der Waals surface area (Å²) in [5.74, 6) is -0.0615. The number of hydrogen-bond donors (Lipinski definition) is 3. The summed E-state index contributed by atoms with van der Waals surface area (Å²) < 4.78 is 0. The summed E-state index contributed by atoms with van der Waals surface area (Å²) in [4.78, 5) is 7.83. The highest BCUT2D eigenvalue weighted by Gasteiger charge is 1.98. The molecule has 0 atom stereocenters. The molecule has 0 amide bonds. The van der Waals surface area contributed by atoms with Gasteiger partial charge in [-0.15, -0.1) is 0 Å². The molecule has 2 aromatic rings. The van der Waals surface area contributed by atoms with Crippen molar-refractivity contribution in [1.82, 2.24) is 0 Å². The smallest absolute Gasteiger partial charge is 0.223 e. The third kappa shape index (κ3) is 4.13. The second-order valence-electron chi connectivity index (χ2n) is 4.34. The van der Waals surface area contributed by atoms with E-state index in [1.165, 1.54) is 5.56 Å². The Kier molecular flexibility index (Phi) is 4.34. The van der Waals surface area contributed by atoms with E-state index in [1.807, 2.05) is 42.5 Å². The summed E-state index contributed by atoms with van der Waals surface area (Å²) in [6, 6.07) is 18.0. The summed E-state index contributed by atoms with van der Waals surface area (Å²) in [5.41, 5.74) is 19.2. The third-order valence-electron chi connectivity index (χ3n) is 2.65. The fourth-order valence-electron chi connectivity index (χ4n) is 1.86. The minimum absolute atomic E-state index is 0.0434. The van der Waals surface area contributed by atoms with E-state index in [-0.39, 0.29) is 11.9 Å². The predicted molar refractivity (Wildman–Crippen MR) is 82.8 cm³/mol. The summed E-state index contributed by atoms with van der Waals surface area (Å²) in [6.45, 7) is 0. The summed E-state index contributed by atoms with van der Waals surface area (Å²) in [7, 11) is 0. The van der Waals surface area contributed by atoms with Crippen LogP contribution >= 0.6 is 0 Å². The molecule has 0 fully saturated rings. The number of hydrogen-bond acceptors (Lipinski definition) is 1. The first-order chi connectivity index (χ1) is 9.63. The monoisotopic (exact) mass is 267 g/mol. The molecule has 0 saturated heterocycles. The first-order valence-corrected chi connectivity index (χ1v) is 6.20. The molecule has 0 unspecified atom stereocenters. The molecule has 0 heterocycles. The SMILES string of the molecule is NC(N)=NC(N)=Nc1cccc(Cc2ccccc2)c1. The third-order valence-corrected chi connectivity index (χ3v) is 2.65. The molecule has 0 aliphatic heterocycles.